The SMILES string of the molecule is Cc1cc(C(=O)NC(c2ccc3c(c2)CCO3)C2CC(O)C2)nc(C)n1. The van der Waals surface area contributed by atoms with Crippen LogP contribution in [0.15, 0.2) is 24.3 Å². The van der Waals surface area contributed by atoms with E-state index in [4.69, 9.17) is 4.74 Å². The van der Waals surface area contributed by atoms with Crippen LogP contribution < -0.4 is 10.1 Å². The maximum absolute atomic E-state index is 12.8. The molecule has 0 spiro atoms. The van der Waals surface area contributed by atoms with Crippen LogP contribution in [0, 0.1) is 19.8 Å². The lowest BCUT2D eigenvalue weighted by molar-refractivity contribution is 0.0234. The Balaban J connectivity index is 1.60. The lowest BCUT2D eigenvalue weighted by Gasteiger charge is -2.38. The molecule has 1 amide bonds. The van der Waals surface area contributed by atoms with Crippen molar-refractivity contribution in [2.75, 3.05) is 6.61 Å². The van der Waals surface area contributed by atoms with E-state index in [1.54, 1.807) is 13.0 Å². The van der Waals surface area contributed by atoms with Crippen molar-refractivity contribution < 1.29 is 14.6 Å². The Morgan fingerprint density at radius 2 is 2.08 bits per heavy atom. The van der Waals surface area contributed by atoms with E-state index >= 15 is 0 Å². The monoisotopic (exact) mass is 353 g/mol. The van der Waals surface area contributed by atoms with Crippen molar-refractivity contribution in [2.24, 2.45) is 5.92 Å². The number of carbonyl (C=O) groups is 1. The number of ether oxygens (including phenoxy) is 1. The van der Waals surface area contributed by atoms with Gasteiger partial charge < -0.3 is 15.2 Å². The Hall–Kier alpha value is -2.47. The Labute approximate surface area is 152 Å². The maximum Gasteiger partial charge on any atom is 0.270 e. The molecular formula is C20H23N3O3. The highest BCUT2D eigenvalue weighted by Crippen LogP contribution is 2.39. The van der Waals surface area contributed by atoms with Gasteiger partial charge in [0.05, 0.1) is 18.8 Å². The molecule has 2 N–H and O–H groups in total. The molecule has 0 radical (unpaired) electrons. The molecule has 0 bridgehead atoms. The molecule has 26 heavy (non-hydrogen) atoms. The second-order valence-corrected chi connectivity index (χ2v) is 7.24. The van der Waals surface area contributed by atoms with Gasteiger partial charge in [0, 0.05) is 12.1 Å². The fourth-order valence-corrected chi connectivity index (χ4v) is 3.82. The summed E-state index contributed by atoms with van der Waals surface area (Å²) in [5, 5.41) is 12.9. The summed E-state index contributed by atoms with van der Waals surface area (Å²) < 4.78 is 5.58. The summed E-state index contributed by atoms with van der Waals surface area (Å²) in [5.41, 5.74) is 3.38. The van der Waals surface area contributed by atoms with Crippen LogP contribution in [0.2, 0.25) is 0 Å². The summed E-state index contributed by atoms with van der Waals surface area (Å²) in [6.45, 7) is 4.34. The molecule has 1 aromatic carbocycles. The summed E-state index contributed by atoms with van der Waals surface area (Å²) in [6.07, 6.45) is 2.00. The number of benzene rings is 1. The number of carbonyl (C=O) groups excluding carboxylic acids is 1. The van der Waals surface area contributed by atoms with Crippen LogP contribution in [0.3, 0.4) is 0 Å². The molecule has 1 aromatic heterocycles. The number of fused-ring (bicyclic) bond motifs is 1. The summed E-state index contributed by atoms with van der Waals surface area (Å²) in [7, 11) is 0. The van der Waals surface area contributed by atoms with E-state index in [0.717, 1.165) is 23.4 Å². The molecule has 1 aliphatic heterocycles. The van der Waals surface area contributed by atoms with Crippen LogP contribution in [-0.2, 0) is 6.42 Å². The highest BCUT2D eigenvalue weighted by atomic mass is 16.5. The number of nitrogens with one attached hydrogen (secondary N) is 1. The Morgan fingerprint density at radius 3 is 2.81 bits per heavy atom. The number of hydrogen-bond acceptors (Lipinski definition) is 5. The van der Waals surface area contributed by atoms with Crippen molar-refractivity contribution >= 4 is 5.91 Å². The minimum absolute atomic E-state index is 0.146. The zero-order valence-corrected chi connectivity index (χ0v) is 15.0. The van der Waals surface area contributed by atoms with Crippen LogP contribution in [0.4, 0.5) is 0 Å². The van der Waals surface area contributed by atoms with Gasteiger partial charge >= 0.3 is 0 Å². The quantitative estimate of drug-likeness (QED) is 0.881. The van der Waals surface area contributed by atoms with Gasteiger partial charge in [0.15, 0.2) is 0 Å². The molecule has 0 saturated heterocycles. The van der Waals surface area contributed by atoms with E-state index in [-0.39, 0.29) is 24.0 Å². The van der Waals surface area contributed by atoms with E-state index in [0.29, 0.717) is 31.0 Å². The molecular weight excluding hydrogens is 330 g/mol. The fraction of sp³-hybridized carbons (Fsp3) is 0.450. The zero-order valence-electron chi connectivity index (χ0n) is 15.0. The van der Waals surface area contributed by atoms with Crippen molar-refractivity contribution in [3.8, 4) is 5.75 Å². The van der Waals surface area contributed by atoms with Crippen molar-refractivity contribution in [3.05, 3.63) is 52.6 Å². The number of nitrogens with zero attached hydrogens (tertiary/aromatic N) is 2. The first-order valence-corrected chi connectivity index (χ1v) is 9.06. The van der Waals surface area contributed by atoms with Gasteiger partial charge in [-0.05, 0) is 61.9 Å². The first-order valence-electron chi connectivity index (χ1n) is 9.06. The number of aromatic nitrogens is 2. The van der Waals surface area contributed by atoms with Crippen LogP contribution in [0.25, 0.3) is 0 Å². The molecule has 1 fully saturated rings. The summed E-state index contributed by atoms with van der Waals surface area (Å²) in [6, 6.07) is 7.66. The average molecular weight is 353 g/mol. The third kappa shape index (κ3) is 3.29. The summed E-state index contributed by atoms with van der Waals surface area (Å²) in [5.74, 6) is 1.52. The minimum atomic E-state index is -0.277. The Bertz CT molecular complexity index is 826. The molecule has 6 nitrogen and oxygen atoms in total. The molecule has 6 heteroatoms. The summed E-state index contributed by atoms with van der Waals surface area (Å²) >= 11 is 0. The van der Waals surface area contributed by atoms with E-state index in [1.165, 1.54) is 5.56 Å². The van der Waals surface area contributed by atoms with Gasteiger partial charge in [-0.15, -0.1) is 0 Å². The van der Waals surface area contributed by atoms with Crippen molar-refractivity contribution in [3.63, 3.8) is 0 Å². The number of amides is 1. The van der Waals surface area contributed by atoms with Gasteiger partial charge in [-0.2, -0.15) is 0 Å². The highest BCUT2D eigenvalue weighted by molar-refractivity contribution is 5.92. The fourth-order valence-electron chi connectivity index (χ4n) is 3.82. The standard InChI is InChI=1S/C20H23N3O3/c1-11-7-17(22-12(2)21-11)20(25)23-19(15-9-16(24)10-15)14-3-4-18-13(8-14)5-6-26-18/h3-4,7-8,15-16,19,24H,5-6,9-10H2,1-2H3,(H,23,25). The van der Waals surface area contributed by atoms with Gasteiger partial charge in [-0.3, -0.25) is 4.79 Å². The van der Waals surface area contributed by atoms with Crippen molar-refractivity contribution in [1.82, 2.24) is 15.3 Å². The predicted octanol–water partition coefficient (Wildman–Crippen LogP) is 2.27. The molecule has 1 atom stereocenters. The van der Waals surface area contributed by atoms with Gasteiger partial charge in [0.1, 0.15) is 17.3 Å². The highest BCUT2D eigenvalue weighted by Gasteiger charge is 2.36. The Kier molecular flexibility index (Phi) is 4.36. The number of aryl methyl sites for hydroxylation is 2. The molecule has 1 unspecified atom stereocenters. The lowest BCUT2D eigenvalue weighted by Crippen LogP contribution is -2.41. The zero-order chi connectivity index (χ0) is 18.3. The number of aliphatic hydroxyl groups is 1. The first-order chi connectivity index (χ1) is 12.5. The molecule has 136 valence electrons. The van der Waals surface area contributed by atoms with Crippen LogP contribution in [0.5, 0.6) is 5.75 Å². The first kappa shape index (κ1) is 17.0. The number of hydrogen-bond donors (Lipinski definition) is 2. The molecule has 1 saturated carbocycles. The molecule has 4 rings (SSSR count). The van der Waals surface area contributed by atoms with Gasteiger partial charge in [-0.25, -0.2) is 9.97 Å². The molecule has 2 aromatic rings. The van der Waals surface area contributed by atoms with Gasteiger partial charge in [0.25, 0.3) is 5.91 Å². The summed E-state index contributed by atoms with van der Waals surface area (Å²) in [4.78, 5) is 21.3. The third-order valence-corrected chi connectivity index (χ3v) is 5.18. The van der Waals surface area contributed by atoms with Crippen LogP contribution in [-0.4, -0.2) is 33.7 Å². The second kappa shape index (κ2) is 6.68. The number of aliphatic hydroxyl groups excluding tert-OH is 1. The lowest BCUT2D eigenvalue weighted by atomic mass is 9.74. The normalized spacial score (nSPS) is 22.1. The van der Waals surface area contributed by atoms with E-state index in [2.05, 4.69) is 21.4 Å². The number of rotatable bonds is 4. The second-order valence-electron chi connectivity index (χ2n) is 7.24. The molecule has 2 heterocycles. The topological polar surface area (TPSA) is 84.3 Å². The third-order valence-electron chi connectivity index (χ3n) is 5.18. The van der Waals surface area contributed by atoms with Gasteiger partial charge in [-0.1, -0.05) is 6.07 Å². The smallest absolute Gasteiger partial charge is 0.270 e. The molecule has 2 aliphatic rings. The van der Waals surface area contributed by atoms with Gasteiger partial charge in [0.2, 0.25) is 0 Å². The van der Waals surface area contributed by atoms with E-state index in [9.17, 15) is 9.90 Å². The maximum atomic E-state index is 12.8. The van der Waals surface area contributed by atoms with E-state index < -0.39 is 0 Å². The minimum Gasteiger partial charge on any atom is -0.493 e. The largest absolute Gasteiger partial charge is 0.493 e. The van der Waals surface area contributed by atoms with E-state index in [1.807, 2.05) is 19.1 Å². The Morgan fingerprint density at radius 1 is 1.27 bits per heavy atom. The average Bonchev–Trinajstić information content (AvgIpc) is 3.03. The van der Waals surface area contributed by atoms with Crippen LogP contribution >= 0.6 is 0 Å². The molecule has 1 aliphatic carbocycles. The predicted molar refractivity (Wildman–Crippen MR) is 96.1 cm³/mol. The van der Waals surface area contributed by atoms with Crippen molar-refractivity contribution in [2.45, 2.75) is 45.3 Å². The van der Waals surface area contributed by atoms with Crippen molar-refractivity contribution in [1.29, 1.82) is 0 Å². The van der Waals surface area contributed by atoms with Crippen LogP contribution in [0.1, 0.15) is 52.0 Å².